The van der Waals surface area contributed by atoms with E-state index in [1.54, 1.807) is 0 Å². The lowest BCUT2D eigenvalue weighted by atomic mass is 9.90. The lowest BCUT2D eigenvalue weighted by molar-refractivity contribution is -0.158. The van der Waals surface area contributed by atoms with E-state index in [-0.39, 0.29) is 21.7 Å². The van der Waals surface area contributed by atoms with Crippen molar-refractivity contribution in [1.82, 2.24) is 0 Å². The third-order valence-electron chi connectivity index (χ3n) is 4.22. The number of carbonyl (C=O) groups excluding carboxylic acids is 2. The summed E-state index contributed by atoms with van der Waals surface area (Å²) in [5.74, 6) is -4.07. The Labute approximate surface area is 172 Å². The molecule has 0 heterocycles. The summed E-state index contributed by atoms with van der Waals surface area (Å²) in [4.78, 5) is 34.5. The summed E-state index contributed by atoms with van der Waals surface area (Å²) >= 11 is 17.9. The standard InChI is InChI=1S/C18H21Cl3O6/c1-4-5-9(2)10(3)6-7-26-17(24)13-14(21)11(19)8-12(20)15(13)27-18(25)16(22)23/h8-10H,4-7H2,1-3H3,(H,22,23). The monoisotopic (exact) mass is 438 g/mol. The van der Waals surface area contributed by atoms with E-state index in [1.165, 1.54) is 0 Å². The molecule has 1 aromatic rings. The number of carbonyl (C=O) groups is 3. The van der Waals surface area contributed by atoms with Crippen molar-refractivity contribution in [3.63, 3.8) is 0 Å². The van der Waals surface area contributed by atoms with Gasteiger partial charge >= 0.3 is 17.9 Å². The Morgan fingerprint density at radius 2 is 1.67 bits per heavy atom. The van der Waals surface area contributed by atoms with E-state index >= 15 is 0 Å². The number of esters is 2. The maximum Gasteiger partial charge on any atom is 0.422 e. The van der Waals surface area contributed by atoms with Crippen LogP contribution in [0.4, 0.5) is 0 Å². The number of hydrogen-bond acceptors (Lipinski definition) is 5. The quantitative estimate of drug-likeness (QED) is 0.257. The van der Waals surface area contributed by atoms with E-state index in [9.17, 15) is 14.4 Å². The number of ether oxygens (including phenoxy) is 2. The predicted octanol–water partition coefficient (Wildman–Crippen LogP) is 5.26. The van der Waals surface area contributed by atoms with Crippen LogP contribution in [0.15, 0.2) is 6.07 Å². The highest BCUT2D eigenvalue weighted by Crippen LogP contribution is 2.40. The second-order valence-electron chi connectivity index (χ2n) is 6.22. The van der Waals surface area contributed by atoms with Gasteiger partial charge in [0.2, 0.25) is 0 Å². The second-order valence-corrected chi connectivity index (χ2v) is 7.41. The van der Waals surface area contributed by atoms with Gasteiger partial charge in [0, 0.05) is 0 Å². The van der Waals surface area contributed by atoms with Gasteiger partial charge in [-0.05, 0) is 24.3 Å². The second kappa shape index (κ2) is 10.7. The van der Waals surface area contributed by atoms with Crippen LogP contribution in [0.1, 0.15) is 50.4 Å². The highest BCUT2D eigenvalue weighted by Gasteiger charge is 2.28. The highest BCUT2D eigenvalue weighted by atomic mass is 35.5. The van der Waals surface area contributed by atoms with Gasteiger partial charge in [0.1, 0.15) is 5.56 Å². The summed E-state index contributed by atoms with van der Waals surface area (Å²) in [6, 6.07) is 1.14. The summed E-state index contributed by atoms with van der Waals surface area (Å²) in [6.45, 7) is 6.42. The predicted molar refractivity (Wildman–Crippen MR) is 103 cm³/mol. The number of hydrogen-bond donors (Lipinski definition) is 1. The van der Waals surface area contributed by atoms with Crippen LogP contribution in [-0.4, -0.2) is 29.6 Å². The molecule has 0 radical (unpaired) electrons. The molecular weight excluding hydrogens is 419 g/mol. The van der Waals surface area contributed by atoms with Crippen molar-refractivity contribution in [3.05, 3.63) is 26.7 Å². The van der Waals surface area contributed by atoms with Crippen LogP contribution in [0.2, 0.25) is 15.1 Å². The van der Waals surface area contributed by atoms with Crippen LogP contribution in [0.25, 0.3) is 0 Å². The summed E-state index contributed by atoms with van der Waals surface area (Å²) in [7, 11) is 0. The fraction of sp³-hybridized carbons (Fsp3) is 0.500. The molecule has 6 nitrogen and oxygen atoms in total. The first-order valence-electron chi connectivity index (χ1n) is 8.39. The van der Waals surface area contributed by atoms with Crippen molar-refractivity contribution in [3.8, 4) is 5.75 Å². The maximum absolute atomic E-state index is 12.5. The van der Waals surface area contributed by atoms with Crippen LogP contribution in [0.3, 0.4) is 0 Å². The van der Waals surface area contributed by atoms with Crippen molar-refractivity contribution >= 4 is 52.7 Å². The van der Waals surface area contributed by atoms with E-state index in [0.29, 0.717) is 18.3 Å². The van der Waals surface area contributed by atoms with Gasteiger partial charge in [0.15, 0.2) is 5.75 Å². The van der Waals surface area contributed by atoms with Crippen LogP contribution >= 0.6 is 34.8 Å². The van der Waals surface area contributed by atoms with Crippen LogP contribution in [0.5, 0.6) is 5.75 Å². The summed E-state index contributed by atoms with van der Waals surface area (Å²) in [5, 5.41) is 8.15. The zero-order valence-electron chi connectivity index (χ0n) is 15.2. The van der Waals surface area contributed by atoms with E-state index in [0.717, 1.165) is 18.9 Å². The minimum atomic E-state index is -1.85. The molecule has 0 saturated carbocycles. The molecule has 1 rings (SSSR count). The smallest absolute Gasteiger partial charge is 0.422 e. The van der Waals surface area contributed by atoms with Gasteiger partial charge in [-0.3, -0.25) is 0 Å². The molecule has 9 heteroatoms. The van der Waals surface area contributed by atoms with Crippen LogP contribution in [0, 0.1) is 11.8 Å². The average Bonchev–Trinajstić information content (AvgIpc) is 2.59. The molecule has 27 heavy (non-hydrogen) atoms. The molecule has 2 atom stereocenters. The molecule has 0 aliphatic rings. The number of aliphatic carboxylic acids is 1. The van der Waals surface area contributed by atoms with Gasteiger partial charge in [-0.15, -0.1) is 0 Å². The minimum absolute atomic E-state index is 0.0614. The fourth-order valence-electron chi connectivity index (χ4n) is 2.43. The Morgan fingerprint density at radius 1 is 1.07 bits per heavy atom. The molecule has 0 bridgehead atoms. The summed E-state index contributed by atoms with van der Waals surface area (Å²) in [6.07, 6.45) is 2.77. The molecule has 0 saturated heterocycles. The molecule has 0 amide bonds. The lowest BCUT2D eigenvalue weighted by Crippen LogP contribution is -2.21. The third-order valence-corrected chi connectivity index (χ3v) is 5.29. The third kappa shape index (κ3) is 6.55. The largest absolute Gasteiger partial charge is 0.473 e. The first-order valence-corrected chi connectivity index (χ1v) is 9.53. The molecular formula is C18H21Cl3O6. The van der Waals surface area contributed by atoms with Gasteiger partial charge in [0.25, 0.3) is 0 Å². The molecule has 150 valence electrons. The van der Waals surface area contributed by atoms with E-state index in [1.807, 2.05) is 0 Å². The van der Waals surface area contributed by atoms with Crippen molar-refractivity contribution < 1.29 is 29.0 Å². The fourth-order valence-corrected chi connectivity index (χ4v) is 3.15. The average molecular weight is 440 g/mol. The highest BCUT2D eigenvalue weighted by molar-refractivity contribution is 6.46. The van der Waals surface area contributed by atoms with Gasteiger partial charge in [0.05, 0.1) is 21.7 Å². The molecule has 1 N–H and O–H groups in total. The molecule has 0 aliphatic carbocycles. The molecule has 0 fully saturated rings. The van der Waals surface area contributed by atoms with Crippen molar-refractivity contribution in [1.29, 1.82) is 0 Å². The zero-order valence-corrected chi connectivity index (χ0v) is 17.5. The molecule has 1 aromatic carbocycles. The van der Waals surface area contributed by atoms with E-state index in [2.05, 4.69) is 25.5 Å². The number of benzene rings is 1. The zero-order chi connectivity index (χ0) is 20.7. The Kier molecular flexibility index (Phi) is 9.36. The van der Waals surface area contributed by atoms with Crippen molar-refractivity contribution in [2.24, 2.45) is 11.8 Å². The Bertz CT molecular complexity index is 720. The summed E-state index contributed by atoms with van der Waals surface area (Å²) in [5.41, 5.74) is -0.391. The number of carboxylic acids is 1. The lowest BCUT2D eigenvalue weighted by Gasteiger charge is -2.19. The van der Waals surface area contributed by atoms with Gasteiger partial charge < -0.3 is 14.6 Å². The Balaban J connectivity index is 2.98. The van der Waals surface area contributed by atoms with Gasteiger partial charge in [-0.25, -0.2) is 14.4 Å². The molecule has 0 aliphatic heterocycles. The van der Waals surface area contributed by atoms with E-state index < -0.39 is 29.2 Å². The first kappa shape index (κ1) is 23.5. The van der Waals surface area contributed by atoms with E-state index in [4.69, 9.17) is 44.6 Å². The number of carboxylic acid groups (broad SMARTS) is 1. The molecule has 2 unspecified atom stereocenters. The Hall–Kier alpha value is -1.50. The first-order chi connectivity index (χ1) is 12.6. The SMILES string of the molecule is CCCC(C)C(C)CCOC(=O)c1c(Cl)c(Cl)cc(Cl)c1OC(=O)C(=O)O. The summed E-state index contributed by atoms with van der Waals surface area (Å²) < 4.78 is 9.90. The van der Waals surface area contributed by atoms with Gasteiger partial charge in [-0.1, -0.05) is 68.4 Å². The minimum Gasteiger partial charge on any atom is -0.473 e. The van der Waals surface area contributed by atoms with Crippen molar-refractivity contribution in [2.75, 3.05) is 6.61 Å². The van der Waals surface area contributed by atoms with Crippen LogP contribution in [-0.2, 0) is 14.3 Å². The molecule has 0 aromatic heterocycles. The van der Waals surface area contributed by atoms with Crippen LogP contribution < -0.4 is 4.74 Å². The normalized spacial score (nSPS) is 13.0. The van der Waals surface area contributed by atoms with Crippen molar-refractivity contribution in [2.45, 2.75) is 40.0 Å². The number of halogens is 3. The number of rotatable bonds is 8. The maximum atomic E-state index is 12.5. The van der Waals surface area contributed by atoms with Gasteiger partial charge in [-0.2, -0.15) is 0 Å². The topological polar surface area (TPSA) is 89.9 Å². The Morgan fingerprint density at radius 3 is 2.22 bits per heavy atom. The molecule has 0 spiro atoms.